The van der Waals surface area contributed by atoms with Crippen molar-refractivity contribution < 1.29 is 18.4 Å². The monoisotopic (exact) mass is 398 g/mol. The summed E-state index contributed by atoms with van der Waals surface area (Å²) >= 11 is 11.7. The third-order valence-electron chi connectivity index (χ3n) is 4.56. The molecule has 1 saturated heterocycles. The zero-order valence-electron chi connectivity index (χ0n) is 13.7. The van der Waals surface area contributed by atoms with Crippen molar-refractivity contribution in [2.24, 2.45) is 5.16 Å². The zero-order valence-corrected chi connectivity index (χ0v) is 15.2. The third-order valence-corrected chi connectivity index (χ3v) is 5.11. The SMILES string of the molecule is CC1(c2cc(Cl)c(F)c(Cl)c2)ON=C(c2ccc(C3(F)CNC3)cc2)O1. The van der Waals surface area contributed by atoms with E-state index in [0.29, 0.717) is 29.8 Å². The first-order valence-corrected chi connectivity index (χ1v) is 8.67. The Hall–Kier alpha value is -1.89. The summed E-state index contributed by atoms with van der Waals surface area (Å²) in [5, 5.41) is 6.60. The van der Waals surface area contributed by atoms with Crippen molar-refractivity contribution >= 4 is 29.1 Å². The molecule has 1 N–H and O–H groups in total. The molecule has 26 heavy (non-hydrogen) atoms. The van der Waals surface area contributed by atoms with E-state index in [2.05, 4.69) is 10.5 Å². The van der Waals surface area contributed by atoms with Gasteiger partial charge in [0.25, 0.3) is 5.90 Å². The van der Waals surface area contributed by atoms with Crippen LogP contribution < -0.4 is 5.32 Å². The van der Waals surface area contributed by atoms with E-state index in [1.165, 1.54) is 12.1 Å². The Balaban J connectivity index is 1.56. The van der Waals surface area contributed by atoms with Gasteiger partial charge >= 0.3 is 5.79 Å². The first kappa shape index (κ1) is 17.5. The van der Waals surface area contributed by atoms with E-state index < -0.39 is 17.3 Å². The van der Waals surface area contributed by atoms with E-state index in [0.717, 1.165) is 0 Å². The van der Waals surface area contributed by atoms with Crippen LogP contribution in [0.4, 0.5) is 8.78 Å². The number of hydrogen-bond acceptors (Lipinski definition) is 4. The molecule has 0 radical (unpaired) electrons. The summed E-state index contributed by atoms with van der Waals surface area (Å²) < 4.78 is 33.8. The summed E-state index contributed by atoms with van der Waals surface area (Å²) in [5.74, 6) is -1.77. The van der Waals surface area contributed by atoms with Crippen LogP contribution in [0, 0.1) is 5.82 Å². The summed E-state index contributed by atoms with van der Waals surface area (Å²) in [6, 6.07) is 9.58. The molecule has 136 valence electrons. The Kier molecular flexibility index (Phi) is 4.10. The van der Waals surface area contributed by atoms with Crippen LogP contribution in [0.15, 0.2) is 41.6 Å². The smallest absolute Gasteiger partial charge is 0.301 e. The fourth-order valence-corrected chi connectivity index (χ4v) is 3.34. The molecule has 2 aliphatic rings. The third kappa shape index (κ3) is 2.82. The molecule has 1 fully saturated rings. The number of halogens is 4. The van der Waals surface area contributed by atoms with E-state index >= 15 is 0 Å². The van der Waals surface area contributed by atoms with Gasteiger partial charge in [-0.25, -0.2) is 8.78 Å². The Morgan fingerprint density at radius 1 is 1.08 bits per heavy atom. The number of rotatable bonds is 3. The first-order valence-electron chi connectivity index (χ1n) is 7.91. The van der Waals surface area contributed by atoms with E-state index in [9.17, 15) is 8.78 Å². The number of benzene rings is 2. The second-order valence-electron chi connectivity index (χ2n) is 6.44. The number of ether oxygens (including phenoxy) is 1. The predicted molar refractivity (Wildman–Crippen MR) is 94.6 cm³/mol. The normalized spacial score (nSPS) is 23.7. The lowest BCUT2D eigenvalue weighted by atomic mass is 9.89. The van der Waals surface area contributed by atoms with Crippen LogP contribution in [-0.2, 0) is 21.0 Å². The topological polar surface area (TPSA) is 42.8 Å². The summed E-state index contributed by atoms with van der Waals surface area (Å²) in [4.78, 5) is 5.42. The first-order chi connectivity index (χ1) is 12.3. The maximum Gasteiger partial charge on any atom is 0.301 e. The molecule has 1 unspecified atom stereocenters. The summed E-state index contributed by atoms with van der Waals surface area (Å²) in [6.07, 6.45) is 0. The molecule has 4 rings (SSSR count). The van der Waals surface area contributed by atoms with Gasteiger partial charge in [0.1, 0.15) is 0 Å². The molecule has 2 aliphatic heterocycles. The van der Waals surface area contributed by atoms with Crippen molar-refractivity contribution in [2.45, 2.75) is 18.4 Å². The van der Waals surface area contributed by atoms with Gasteiger partial charge in [-0.15, -0.1) is 0 Å². The number of hydrogen-bond donors (Lipinski definition) is 1. The highest BCUT2D eigenvalue weighted by molar-refractivity contribution is 6.35. The molecule has 2 aromatic rings. The van der Waals surface area contributed by atoms with Gasteiger partial charge in [-0.2, -0.15) is 0 Å². The maximum absolute atomic E-state index is 14.4. The van der Waals surface area contributed by atoms with Gasteiger partial charge < -0.3 is 14.9 Å². The van der Waals surface area contributed by atoms with Crippen LogP contribution in [-0.4, -0.2) is 19.0 Å². The number of oxime groups is 1. The lowest BCUT2D eigenvalue weighted by Crippen LogP contribution is -2.53. The molecule has 0 spiro atoms. The van der Waals surface area contributed by atoms with Crippen LogP contribution in [0.1, 0.15) is 23.6 Å². The lowest BCUT2D eigenvalue weighted by molar-refractivity contribution is -0.152. The van der Waals surface area contributed by atoms with Crippen LogP contribution >= 0.6 is 23.2 Å². The second kappa shape index (κ2) is 6.08. The minimum atomic E-state index is -1.33. The quantitative estimate of drug-likeness (QED) is 0.774. The highest BCUT2D eigenvalue weighted by Gasteiger charge is 2.41. The van der Waals surface area contributed by atoms with E-state index in [-0.39, 0.29) is 15.9 Å². The lowest BCUT2D eigenvalue weighted by Gasteiger charge is -2.35. The molecular formula is C18H14Cl2F2N2O2. The molecule has 2 heterocycles. The largest absolute Gasteiger partial charge is 0.426 e. The minimum absolute atomic E-state index is 0.138. The predicted octanol–water partition coefficient (Wildman–Crippen LogP) is 4.48. The highest BCUT2D eigenvalue weighted by atomic mass is 35.5. The number of alkyl halides is 1. The van der Waals surface area contributed by atoms with Crippen LogP contribution in [0.2, 0.25) is 10.0 Å². The fraction of sp³-hybridized carbons (Fsp3) is 0.278. The van der Waals surface area contributed by atoms with Gasteiger partial charge in [-0.3, -0.25) is 0 Å². The highest BCUT2D eigenvalue weighted by Crippen LogP contribution is 2.38. The Bertz CT molecular complexity index is 878. The van der Waals surface area contributed by atoms with Crippen molar-refractivity contribution in [3.05, 3.63) is 69.0 Å². The molecular weight excluding hydrogens is 385 g/mol. The van der Waals surface area contributed by atoms with E-state index in [1.54, 1.807) is 31.2 Å². The molecule has 0 bridgehead atoms. The van der Waals surface area contributed by atoms with Gasteiger partial charge in [0.15, 0.2) is 11.5 Å². The number of nitrogens with zero attached hydrogens (tertiary/aromatic N) is 1. The average Bonchev–Trinajstić information content (AvgIpc) is 3.01. The standard InChI is InChI=1S/C18H14Cl2F2N2O2/c1-17(12-6-13(19)15(21)14(20)7-12)25-16(24-26-17)10-2-4-11(5-3-10)18(22)8-23-9-18/h2-7,23H,8-9H2,1H3. The van der Waals surface area contributed by atoms with Crippen LogP contribution in [0.25, 0.3) is 0 Å². The van der Waals surface area contributed by atoms with E-state index in [1.807, 2.05) is 0 Å². The molecule has 8 heteroatoms. The molecule has 0 aliphatic carbocycles. The van der Waals surface area contributed by atoms with Crippen molar-refractivity contribution in [2.75, 3.05) is 13.1 Å². The van der Waals surface area contributed by atoms with Gasteiger partial charge in [0.05, 0.1) is 10.0 Å². The zero-order chi connectivity index (χ0) is 18.5. The van der Waals surface area contributed by atoms with Gasteiger partial charge in [-0.1, -0.05) is 35.3 Å². The average molecular weight is 399 g/mol. The van der Waals surface area contributed by atoms with Crippen molar-refractivity contribution in [1.29, 1.82) is 0 Å². The van der Waals surface area contributed by atoms with Crippen molar-refractivity contribution in [3.8, 4) is 0 Å². The van der Waals surface area contributed by atoms with Gasteiger partial charge in [0.2, 0.25) is 0 Å². The summed E-state index contributed by atoms with van der Waals surface area (Å²) in [7, 11) is 0. The molecule has 4 nitrogen and oxygen atoms in total. The van der Waals surface area contributed by atoms with Gasteiger partial charge in [0, 0.05) is 31.1 Å². The fourth-order valence-electron chi connectivity index (χ4n) is 2.85. The summed E-state index contributed by atoms with van der Waals surface area (Å²) in [6.45, 7) is 2.22. The van der Waals surface area contributed by atoms with E-state index in [4.69, 9.17) is 32.8 Å². The van der Waals surface area contributed by atoms with Crippen molar-refractivity contribution in [1.82, 2.24) is 5.32 Å². The molecule has 0 aromatic heterocycles. The summed E-state index contributed by atoms with van der Waals surface area (Å²) in [5.41, 5.74) is 0.323. The molecule has 0 saturated carbocycles. The molecule has 1 atom stereocenters. The second-order valence-corrected chi connectivity index (χ2v) is 7.25. The molecule has 2 aromatic carbocycles. The Labute approximate surface area is 158 Å². The van der Waals surface area contributed by atoms with Crippen LogP contribution in [0.5, 0.6) is 0 Å². The Morgan fingerprint density at radius 2 is 1.69 bits per heavy atom. The minimum Gasteiger partial charge on any atom is -0.426 e. The maximum atomic E-state index is 14.4. The Morgan fingerprint density at radius 3 is 2.23 bits per heavy atom. The number of nitrogens with one attached hydrogen (secondary N) is 1. The molecule has 0 amide bonds. The van der Waals surface area contributed by atoms with Gasteiger partial charge in [-0.05, 0) is 35.0 Å². The van der Waals surface area contributed by atoms with Crippen molar-refractivity contribution in [3.63, 3.8) is 0 Å². The van der Waals surface area contributed by atoms with Crippen LogP contribution in [0.3, 0.4) is 0 Å².